The van der Waals surface area contributed by atoms with Crippen LogP contribution in [0.5, 0.6) is 0 Å². The second-order valence-corrected chi connectivity index (χ2v) is 6.62. The lowest BCUT2D eigenvalue weighted by atomic mass is 9.85. The minimum Gasteiger partial charge on any atom is -0.430 e. The lowest BCUT2D eigenvalue weighted by Gasteiger charge is -2.29. The summed E-state index contributed by atoms with van der Waals surface area (Å²) in [7, 11) is 0. The molecule has 1 aromatic heterocycles. The maximum Gasteiger partial charge on any atom is 0.490 e. The number of nitrogens with zero attached hydrogens (tertiary/aromatic N) is 2. The number of ether oxygens (including phenoxy) is 1. The van der Waals surface area contributed by atoms with Gasteiger partial charge in [-0.2, -0.15) is 18.4 Å². The zero-order valence-corrected chi connectivity index (χ0v) is 14.6. The third-order valence-electron chi connectivity index (χ3n) is 4.63. The fraction of sp³-hybridized carbons (Fsp3) is 0.444. The Labute approximate surface area is 157 Å². The van der Waals surface area contributed by atoms with Gasteiger partial charge < -0.3 is 15.0 Å². The van der Waals surface area contributed by atoms with Crippen LogP contribution in [-0.2, 0) is 14.3 Å². The minimum atomic E-state index is -5.27. The van der Waals surface area contributed by atoms with Gasteiger partial charge in [-0.05, 0) is 31.4 Å². The van der Waals surface area contributed by atoms with Crippen molar-refractivity contribution >= 4 is 22.9 Å². The molecule has 1 aliphatic rings. The van der Waals surface area contributed by atoms with Crippen molar-refractivity contribution in [3.63, 3.8) is 0 Å². The second kappa shape index (κ2) is 7.88. The van der Waals surface area contributed by atoms with Crippen molar-refractivity contribution in [1.29, 1.82) is 5.26 Å². The molecule has 0 aliphatic heterocycles. The molecule has 1 aromatic carbocycles. The number of rotatable bonds is 4. The monoisotopic (exact) mass is 394 g/mol. The van der Waals surface area contributed by atoms with E-state index < -0.39 is 24.2 Å². The van der Waals surface area contributed by atoms with Crippen molar-refractivity contribution in [1.82, 2.24) is 15.3 Å². The molecule has 0 saturated heterocycles. The van der Waals surface area contributed by atoms with Crippen LogP contribution in [0.15, 0.2) is 24.3 Å². The Hall–Kier alpha value is -3.09. The SMILES string of the molecule is N#CC(OC(=O)C(F)(F)F)C(=O)NC1CCCC(c2nc3ccccc3[nH]2)C1. The minimum absolute atomic E-state index is 0.0321. The first-order valence-electron chi connectivity index (χ1n) is 8.70. The molecule has 148 valence electrons. The summed E-state index contributed by atoms with van der Waals surface area (Å²) in [5, 5.41) is 11.4. The summed E-state index contributed by atoms with van der Waals surface area (Å²) in [4.78, 5) is 30.7. The largest absolute Gasteiger partial charge is 0.490 e. The highest BCUT2D eigenvalue weighted by Gasteiger charge is 2.43. The highest BCUT2D eigenvalue weighted by Crippen LogP contribution is 2.32. The van der Waals surface area contributed by atoms with E-state index in [0.717, 1.165) is 29.7 Å². The number of nitriles is 1. The van der Waals surface area contributed by atoms with Gasteiger partial charge in [-0.1, -0.05) is 18.6 Å². The number of amides is 1. The Morgan fingerprint density at radius 3 is 2.75 bits per heavy atom. The average Bonchev–Trinajstić information content (AvgIpc) is 3.09. The van der Waals surface area contributed by atoms with E-state index in [0.29, 0.717) is 12.8 Å². The van der Waals surface area contributed by atoms with Crippen LogP contribution in [0.1, 0.15) is 37.4 Å². The second-order valence-electron chi connectivity index (χ2n) is 6.62. The molecule has 3 unspecified atom stereocenters. The van der Waals surface area contributed by atoms with E-state index in [1.165, 1.54) is 6.07 Å². The number of imidazole rings is 1. The molecule has 2 aromatic rings. The number of hydrogen-bond acceptors (Lipinski definition) is 5. The van der Waals surface area contributed by atoms with Crippen LogP contribution < -0.4 is 5.32 Å². The molecule has 0 spiro atoms. The first kappa shape index (κ1) is 19.7. The first-order valence-corrected chi connectivity index (χ1v) is 8.70. The number of carbonyl (C=O) groups excluding carboxylic acids is 2. The standard InChI is InChI=1S/C18H17F3N4O3/c19-18(20,21)17(27)28-14(9-22)16(26)23-11-5-3-4-10(8-11)15-24-12-6-1-2-7-13(12)25-15/h1-2,6-7,10-11,14H,3-5,8H2,(H,23,26)(H,24,25). The molecular formula is C18H17F3N4O3. The number of fused-ring (bicyclic) bond motifs is 1. The van der Waals surface area contributed by atoms with Crippen molar-refractivity contribution in [3.8, 4) is 6.07 Å². The number of nitrogens with one attached hydrogen (secondary N) is 2. The molecule has 0 bridgehead atoms. The van der Waals surface area contributed by atoms with E-state index in [2.05, 4.69) is 20.0 Å². The molecule has 7 nitrogen and oxygen atoms in total. The number of benzene rings is 1. The summed E-state index contributed by atoms with van der Waals surface area (Å²) in [6.45, 7) is 0. The van der Waals surface area contributed by atoms with Gasteiger partial charge in [0.05, 0.1) is 11.0 Å². The van der Waals surface area contributed by atoms with Crippen LogP contribution in [0, 0.1) is 11.3 Å². The number of aromatic nitrogens is 2. The van der Waals surface area contributed by atoms with E-state index in [1.54, 1.807) is 0 Å². The molecule has 28 heavy (non-hydrogen) atoms. The molecule has 1 aliphatic carbocycles. The number of esters is 1. The van der Waals surface area contributed by atoms with Crippen molar-refractivity contribution in [2.75, 3.05) is 0 Å². The van der Waals surface area contributed by atoms with Gasteiger partial charge in [-0.25, -0.2) is 9.78 Å². The highest BCUT2D eigenvalue weighted by atomic mass is 19.4. The summed E-state index contributed by atoms with van der Waals surface area (Å²) >= 11 is 0. The van der Waals surface area contributed by atoms with Crippen molar-refractivity contribution in [3.05, 3.63) is 30.1 Å². The van der Waals surface area contributed by atoms with Crippen molar-refractivity contribution in [2.24, 2.45) is 0 Å². The number of H-pyrrole nitrogens is 1. The van der Waals surface area contributed by atoms with Crippen LogP contribution in [0.3, 0.4) is 0 Å². The van der Waals surface area contributed by atoms with Gasteiger partial charge in [0.2, 0.25) is 0 Å². The quantitative estimate of drug-likeness (QED) is 0.776. The Bertz CT molecular complexity index is 886. The fourth-order valence-corrected chi connectivity index (χ4v) is 3.32. The number of halogens is 3. The van der Waals surface area contributed by atoms with Gasteiger partial charge in [0, 0.05) is 12.0 Å². The summed E-state index contributed by atoms with van der Waals surface area (Å²) in [5.41, 5.74) is 1.72. The van der Waals surface area contributed by atoms with Gasteiger partial charge in [-0.15, -0.1) is 0 Å². The zero-order chi connectivity index (χ0) is 20.3. The summed E-state index contributed by atoms with van der Waals surface area (Å²) in [6.07, 6.45) is -4.69. The summed E-state index contributed by atoms with van der Waals surface area (Å²) < 4.78 is 40.8. The fourth-order valence-electron chi connectivity index (χ4n) is 3.32. The predicted molar refractivity (Wildman–Crippen MR) is 90.8 cm³/mol. The lowest BCUT2D eigenvalue weighted by molar-refractivity contribution is -0.203. The molecule has 1 fully saturated rings. The zero-order valence-electron chi connectivity index (χ0n) is 14.6. The van der Waals surface area contributed by atoms with Gasteiger partial charge >= 0.3 is 12.1 Å². The van der Waals surface area contributed by atoms with Crippen molar-refractivity contribution in [2.45, 2.75) is 49.9 Å². The molecule has 2 N–H and O–H groups in total. The molecule has 3 rings (SSSR count). The Balaban J connectivity index is 1.63. The maximum absolute atomic E-state index is 12.3. The summed E-state index contributed by atoms with van der Waals surface area (Å²) in [5.74, 6) is -2.82. The highest BCUT2D eigenvalue weighted by molar-refractivity contribution is 5.87. The topological polar surface area (TPSA) is 108 Å². The number of carbonyl (C=O) groups is 2. The average molecular weight is 394 g/mol. The van der Waals surface area contributed by atoms with Crippen LogP contribution in [0.2, 0.25) is 0 Å². The smallest absolute Gasteiger partial charge is 0.430 e. The van der Waals surface area contributed by atoms with Gasteiger partial charge in [0.1, 0.15) is 11.9 Å². The van der Waals surface area contributed by atoms with E-state index in [1.807, 2.05) is 24.3 Å². The molecule has 0 radical (unpaired) electrons. The molecule has 3 atom stereocenters. The van der Waals surface area contributed by atoms with Crippen LogP contribution in [0.4, 0.5) is 13.2 Å². The number of aromatic amines is 1. The first-order chi connectivity index (χ1) is 13.3. The van der Waals surface area contributed by atoms with Crippen LogP contribution >= 0.6 is 0 Å². The van der Waals surface area contributed by atoms with E-state index in [4.69, 9.17) is 5.26 Å². The Morgan fingerprint density at radius 1 is 1.32 bits per heavy atom. The van der Waals surface area contributed by atoms with Gasteiger partial charge in [0.15, 0.2) is 0 Å². The Morgan fingerprint density at radius 2 is 2.07 bits per heavy atom. The van der Waals surface area contributed by atoms with Gasteiger partial charge in [-0.3, -0.25) is 4.79 Å². The number of para-hydroxylation sites is 2. The van der Waals surface area contributed by atoms with E-state index >= 15 is 0 Å². The van der Waals surface area contributed by atoms with E-state index in [9.17, 15) is 22.8 Å². The van der Waals surface area contributed by atoms with Gasteiger partial charge in [0.25, 0.3) is 12.0 Å². The van der Waals surface area contributed by atoms with Crippen LogP contribution in [0.25, 0.3) is 11.0 Å². The Kier molecular flexibility index (Phi) is 5.53. The molecule has 1 saturated carbocycles. The normalized spacial score (nSPS) is 20.9. The maximum atomic E-state index is 12.3. The lowest BCUT2D eigenvalue weighted by Crippen LogP contribution is -2.45. The number of hydrogen-bond donors (Lipinski definition) is 2. The predicted octanol–water partition coefficient (Wildman–Crippen LogP) is 2.70. The van der Waals surface area contributed by atoms with E-state index in [-0.39, 0.29) is 12.0 Å². The molecule has 10 heteroatoms. The summed E-state index contributed by atoms with van der Waals surface area (Å²) in [6, 6.07) is 8.47. The third kappa shape index (κ3) is 4.42. The molecular weight excluding hydrogens is 377 g/mol. The number of alkyl halides is 3. The molecule has 1 heterocycles. The van der Waals surface area contributed by atoms with Crippen molar-refractivity contribution < 1.29 is 27.5 Å². The van der Waals surface area contributed by atoms with Crippen LogP contribution in [-0.4, -0.2) is 40.2 Å². The molecule has 1 amide bonds. The third-order valence-corrected chi connectivity index (χ3v) is 4.63.